The van der Waals surface area contributed by atoms with Crippen molar-refractivity contribution in [1.82, 2.24) is 4.90 Å². The molecule has 0 aromatic heterocycles. The van der Waals surface area contributed by atoms with Gasteiger partial charge in [0.2, 0.25) is 5.91 Å². The van der Waals surface area contributed by atoms with E-state index in [1.54, 1.807) is 6.08 Å². The molecule has 0 radical (unpaired) electrons. The lowest BCUT2D eigenvalue weighted by molar-refractivity contribution is -0.125. The number of carbonyl (C=O) groups is 1. The molecular weight excluding hydrogens is 256 g/mol. The van der Waals surface area contributed by atoms with Gasteiger partial charge in [-0.1, -0.05) is 6.07 Å². The molecule has 0 unspecified atom stereocenters. The predicted molar refractivity (Wildman–Crippen MR) is 74.3 cm³/mol. The van der Waals surface area contributed by atoms with Crippen LogP contribution in [0.15, 0.2) is 24.3 Å². The Bertz CT molecular complexity index is 561. The third kappa shape index (κ3) is 3.29. The topological polar surface area (TPSA) is 62.6 Å². The second-order valence-corrected chi connectivity index (χ2v) is 4.25. The summed E-state index contributed by atoms with van der Waals surface area (Å²) in [4.78, 5) is 13.3. The maximum Gasteiger partial charge on any atom is 0.247 e. The summed E-state index contributed by atoms with van der Waals surface area (Å²) in [5.41, 5.74) is 0.857. The summed E-state index contributed by atoms with van der Waals surface area (Å²) < 4.78 is 10.9. The van der Waals surface area contributed by atoms with Gasteiger partial charge in [0.25, 0.3) is 0 Å². The second kappa shape index (κ2) is 6.62. The summed E-state index contributed by atoms with van der Waals surface area (Å²) in [7, 11) is 0. The van der Waals surface area contributed by atoms with Gasteiger partial charge in [0.1, 0.15) is 19.8 Å². The summed E-state index contributed by atoms with van der Waals surface area (Å²) in [6.07, 6.45) is 3.17. The number of rotatable bonds is 4. The molecule has 1 aliphatic heterocycles. The van der Waals surface area contributed by atoms with Crippen LogP contribution < -0.4 is 9.47 Å². The summed E-state index contributed by atoms with van der Waals surface area (Å²) in [6.45, 7) is 3.54. The molecule has 0 bridgehead atoms. The van der Waals surface area contributed by atoms with Gasteiger partial charge in [-0.25, -0.2) is 0 Å². The SMILES string of the molecule is CCN(CC#N)C(=O)C=Cc1ccc2c(c1)OCCO2. The number of hydrogen-bond acceptors (Lipinski definition) is 4. The molecule has 2 rings (SSSR count). The minimum Gasteiger partial charge on any atom is -0.486 e. The van der Waals surface area contributed by atoms with E-state index >= 15 is 0 Å². The van der Waals surface area contributed by atoms with Gasteiger partial charge in [0.15, 0.2) is 11.5 Å². The van der Waals surface area contributed by atoms with Crippen molar-refractivity contribution in [3.63, 3.8) is 0 Å². The van der Waals surface area contributed by atoms with E-state index in [1.165, 1.54) is 11.0 Å². The first-order valence-electron chi connectivity index (χ1n) is 6.48. The number of nitriles is 1. The first-order chi connectivity index (χ1) is 9.74. The lowest BCUT2D eigenvalue weighted by Gasteiger charge is -2.18. The highest BCUT2D eigenvalue weighted by molar-refractivity contribution is 5.92. The van der Waals surface area contributed by atoms with E-state index in [0.29, 0.717) is 25.5 Å². The van der Waals surface area contributed by atoms with E-state index in [9.17, 15) is 4.79 Å². The van der Waals surface area contributed by atoms with Crippen molar-refractivity contribution in [2.75, 3.05) is 26.3 Å². The fourth-order valence-electron chi connectivity index (χ4n) is 1.87. The smallest absolute Gasteiger partial charge is 0.247 e. The fraction of sp³-hybridized carbons (Fsp3) is 0.333. The van der Waals surface area contributed by atoms with Crippen molar-refractivity contribution in [2.45, 2.75) is 6.92 Å². The Kier molecular flexibility index (Phi) is 4.61. The summed E-state index contributed by atoms with van der Waals surface area (Å²) >= 11 is 0. The minimum absolute atomic E-state index is 0.0980. The van der Waals surface area contributed by atoms with Gasteiger partial charge < -0.3 is 14.4 Å². The average Bonchev–Trinajstić information content (AvgIpc) is 2.50. The van der Waals surface area contributed by atoms with Crippen LogP contribution in [0.4, 0.5) is 0 Å². The van der Waals surface area contributed by atoms with Crippen molar-refractivity contribution in [1.29, 1.82) is 5.26 Å². The number of fused-ring (bicyclic) bond motifs is 1. The van der Waals surface area contributed by atoms with Crippen LogP contribution in [0, 0.1) is 11.3 Å². The van der Waals surface area contributed by atoms with E-state index in [2.05, 4.69) is 0 Å². The molecule has 0 aliphatic carbocycles. The van der Waals surface area contributed by atoms with Crippen LogP contribution in [0.25, 0.3) is 6.08 Å². The van der Waals surface area contributed by atoms with Crippen LogP contribution in [0.2, 0.25) is 0 Å². The van der Waals surface area contributed by atoms with E-state index in [0.717, 1.165) is 11.3 Å². The van der Waals surface area contributed by atoms with Crippen LogP contribution in [-0.4, -0.2) is 37.1 Å². The zero-order chi connectivity index (χ0) is 14.4. The Balaban J connectivity index is 2.07. The van der Waals surface area contributed by atoms with E-state index in [4.69, 9.17) is 14.7 Å². The average molecular weight is 272 g/mol. The number of likely N-dealkylation sites (N-methyl/N-ethyl adjacent to an activating group) is 1. The van der Waals surface area contributed by atoms with Crippen LogP contribution in [0.1, 0.15) is 12.5 Å². The molecule has 1 aliphatic rings. The van der Waals surface area contributed by atoms with Crippen molar-refractivity contribution >= 4 is 12.0 Å². The van der Waals surface area contributed by atoms with Gasteiger partial charge in [0.05, 0.1) is 6.07 Å². The largest absolute Gasteiger partial charge is 0.486 e. The van der Waals surface area contributed by atoms with Crippen LogP contribution >= 0.6 is 0 Å². The van der Waals surface area contributed by atoms with Gasteiger partial charge in [-0.05, 0) is 30.7 Å². The zero-order valence-electron chi connectivity index (χ0n) is 11.3. The number of amides is 1. The lowest BCUT2D eigenvalue weighted by Crippen LogP contribution is -2.29. The molecule has 5 heteroatoms. The number of carbonyl (C=O) groups excluding carboxylic acids is 1. The maximum absolute atomic E-state index is 11.9. The van der Waals surface area contributed by atoms with Gasteiger partial charge in [-0.3, -0.25) is 4.79 Å². The van der Waals surface area contributed by atoms with Gasteiger partial charge >= 0.3 is 0 Å². The number of nitrogens with zero attached hydrogens (tertiary/aromatic N) is 2. The molecular formula is C15H16N2O3. The third-order valence-corrected chi connectivity index (χ3v) is 2.94. The molecule has 1 aromatic rings. The van der Waals surface area contributed by atoms with Gasteiger partial charge in [-0.15, -0.1) is 0 Å². The molecule has 0 spiro atoms. The predicted octanol–water partition coefficient (Wildman–Crippen LogP) is 1.84. The molecule has 0 atom stereocenters. The molecule has 20 heavy (non-hydrogen) atoms. The Morgan fingerprint density at radius 3 is 2.85 bits per heavy atom. The highest BCUT2D eigenvalue weighted by Crippen LogP contribution is 2.31. The van der Waals surface area contributed by atoms with Crippen molar-refractivity contribution in [3.05, 3.63) is 29.8 Å². The minimum atomic E-state index is -0.177. The van der Waals surface area contributed by atoms with E-state index in [-0.39, 0.29) is 12.5 Å². The summed E-state index contributed by atoms with van der Waals surface area (Å²) in [5, 5.41) is 8.64. The summed E-state index contributed by atoms with van der Waals surface area (Å²) in [5.74, 6) is 1.23. The first kappa shape index (κ1) is 13.9. The Morgan fingerprint density at radius 2 is 2.15 bits per heavy atom. The van der Waals surface area contributed by atoms with Crippen LogP contribution in [0.3, 0.4) is 0 Å². The molecule has 1 aromatic carbocycles. The number of benzene rings is 1. The maximum atomic E-state index is 11.9. The van der Waals surface area contributed by atoms with Crippen molar-refractivity contribution in [3.8, 4) is 17.6 Å². The molecule has 104 valence electrons. The number of hydrogen-bond donors (Lipinski definition) is 0. The molecule has 5 nitrogen and oxygen atoms in total. The Labute approximate surface area is 118 Å². The molecule has 1 heterocycles. The lowest BCUT2D eigenvalue weighted by atomic mass is 10.1. The molecule has 1 amide bonds. The number of ether oxygens (including phenoxy) is 2. The van der Waals surface area contributed by atoms with Gasteiger partial charge in [-0.2, -0.15) is 5.26 Å². The standard InChI is InChI=1S/C15H16N2O3/c1-2-17(8-7-16)15(18)6-4-12-3-5-13-14(11-12)20-10-9-19-13/h3-6,11H,2,8-10H2,1H3. The fourth-order valence-corrected chi connectivity index (χ4v) is 1.87. The van der Waals surface area contributed by atoms with E-state index in [1.807, 2.05) is 31.2 Å². The van der Waals surface area contributed by atoms with Crippen LogP contribution in [0.5, 0.6) is 11.5 Å². The molecule has 0 saturated heterocycles. The normalized spacial score (nSPS) is 13.0. The monoisotopic (exact) mass is 272 g/mol. The highest BCUT2D eigenvalue weighted by atomic mass is 16.6. The molecule has 0 saturated carbocycles. The van der Waals surface area contributed by atoms with Crippen molar-refractivity contribution < 1.29 is 14.3 Å². The second-order valence-electron chi connectivity index (χ2n) is 4.25. The first-order valence-corrected chi connectivity index (χ1v) is 6.48. The molecule has 0 N–H and O–H groups in total. The van der Waals surface area contributed by atoms with E-state index < -0.39 is 0 Å². The zero-order valence-corrected chi connectivity index (χ0v) is 11.3. The van der Waals surface area contributed by atoms with Crippen molar-refractivity contribution in [2.24, 2.45) is 0 Å². The summed E-state index contributed by atoms with van der Waals surface area (Å²) in [6, 6.07) is 7.49. The highest BCUT2D eigenvalue weighted by Gasteiger charge is 2.11. The Hall–Kier alpha value is -2.48. The van der Waals surface area contributed by atoms with Crippen LogP contribution in [-0.2, 0) is 4.79 Å². The third-order valence-electron chi connectivity index (χ3n) is 2.94. The van der Waals surface area contributed by atoms with Gasteiger partial charge in [0, 0.05) is 12.6 Å². The Morgan fingerprint density at radius 1 is 1.40 bits per heavy atom. The molecule has 0 fully saturated rings. The quantitative estimate of drug-likeness (QED) is 0.620.